The number of rotatable bonds is 4. The van der Waals surface area contributed by atoms with E-state index in [4.69, 9.17) is 17.3 Å². The van der Waals surface area contributed by atoms with Crippen LogP contribution in [-0.2, 0) is 12.8 Å². The lowest BCUT2D eigenvalue weighted by Crippen LogP contribution is -2.14. The molecule has 0 spiro atoms. The molecule has 1 aliphatic rings. The van der Waals surface area contributed by atoms with Crippen LogP contribution in [0.3, 0.4) is 0 Å². The SMILES string of the molecule is NC(=O)c1cnccc1Nc1nc(-c2cc(Cl)ccc2F)nc2c1CCC2. The maximum absolute atomic E-state index is 14.3. The van der Waals surface area contributed by atoms with Crippen molar-refractivity contribution < 1.29 is 9.18 Å². The predicted octanol–water partition coefficient (Wildman–Crippen LogP) is 3.66. The standard InChI is InChI=1S/C19H15ClFN5O/c20-10-4-5-14(21)12(8-10)19-24-15-3-1-2-11(15)18(26-19)25-16-6-7-23-9-13(16)17(22)27/h4-9H,1-3H2,(H2,22,27)(H,23,24,25,26). The van der Waals surface area contributed by atoms with Crippen LogP contribution in [0.4, 0.5) is 15.9 Å². The molecular weight excluding hydrogens is 369 g/mol. The van der Waals surface area contributed by atoms with Crippen molar-refractivity contribution in [3.63, 3.8) is 0 Å². The second kappa shape index (κ2) is 6.92. The minimum atomic E-state index is -0.600. The molecule has 0 saturated heterocycles. The van der Waals surface area contributed by atoms with Gasteiger partial charge in [0.25, 0.3) is 5.91 Å². The molecule has 1 amide bonds. The smallest absolute Gasteiger partial charge is 0.252 e. The van der Waals surface area contributed by atoms with Crippen molar-refractivity contribution in [2.24, 2.45) is 5.73 Å². The number of carbonyl (C=O) groups is 1. The minimum absolute atomic E-state index is 0.227. The van der Waals surface area contributed by atoms with E-state index in [0.717, 1.165) is 30.5 Å². The van der Waals surface area contributed by atoms with Gasteiger partial charge in [0.15, 0.2) is 5.82 Å². The van der Waals surface area contributed by atoms with Gasteiger partial charge in [-0.3, -0.25) is 9.78 Å². The molecule has 27 heavy (non-hydrogen) atoms. The molecule has 0 atom stereocenters. The fourth-order valence-electron chi connectivity index (χ4n) is 3.15. The average Bonchev–Trinajstić information content (AvgIpc) is 3.13. The summed E-state index contributed by atoms with van der Waals surface area (Å²) in [6.07, 6.45) is 5.45. The van der Waals surface area contributed by atoms with Crippen LogP contribution in [0.5, 0.6) is 0 Å². The zero-order valence-electron chi connectivity index (χ0n) is 14.2. The zero-order chi connectivity index (χ0) is 19.0. The zero-order valence-corrected chi connectivity index (χ0v) is 14.9. The highest BCUT2D eigenvalue weighted by Gasteiger charge is 2.22. The van der Waals surface area contributed by atoms with Crippen LogP contribution >= 0.6 is 11.6 Å². The van der Waals surface area contributed by atoms with E-state index in [1.54, 1.807) is 12.3 Å². The topological polar surface area (TPSA) is 93.8 Å². The maximum atomic E-state index is 14.3. The molecule has 4 rings (SSSR count). The third-order valence-corrected chi connectivity index (χ3v) is 4.68. The summed E-state index contributed by atoms with van der Waals surface area (Å²) in [5, 5.41) is 3.55. The Labute approximate surface area is 159 Å². The van der Waals surface area contributed by atoms with Gasteiger partial charge in [0, 0.05) is 28.7 Å². The van der Waals surface area contributed by atoms with Gasteiger partial charge in [0.2, 0.25) is 0 Å². The molecular formula is C19H15ClFN5O. The summed E-state index contributed by atoms with van der Waals surface area (Å²) >= 11 is 6.01. The monoisotopic (exact) mass is 383 g/mol. The van der Waals surface area contributed by atoms with Crippen molar-refractivity contribution >= 4 is 29.0 Å². The number of pyridine rings is 1. The first-order chi connectivity index (χ1) is 13.0. The number of benzene rings is 1. The first kappa shape index (κ1) is 17.4. The highest BCUT2D eigenvalue weighted by Crippen LogP contribution is 2.33. The molecule has 2 heterocycles. The molecule has 0 bridgehead atoms. The molecule has 3 aromatic rings. The van der Waals surface area contributed by atoms with Crippen molar-refractivity contribution in [2.75, 3.05) is 5.32 Å². The summed E-state index contributed by atoms with van der Waals surface area (Å²) in [5.41, 5.74) is 8.20. The van der Waals surface area contributed by atoms with Gasteiger partial charge in [-0.15, -0.1) is 0 Å². The van der Waals surface area contributed by atoms with E-state index >= 15 is 0 Å². The first-order valence-corrected chi connectivity index (χ1v) is 8.77. The van der Waals surface area contributed by atoms with Gasteiger partial charge in [-0.2, -0.15) is 0 Å². The number of hydrogen-bond donors (Lipinski definition) is 2. The van der Waals surface area contributed by atoms with Gasteiger partial charge in [-0.25, -0.2) is 14.4 Å². The fraction of sp³-hybridized carbons (Fsp3) is 0.158. The Morgan fingerprint density at radius 2 is 2.07 bits per heavy atom. The lowest BCUT2D eigenvalue weighted by Gasteiger charge is -2.14. The van der Waals surface area contributed by atoms with E-state index in [9.17, 15) is 9.18 Å². The van der Waals surface area contributed by atoms with Crippen LogP contribution in [0.1, 0.15) is 28.0 Å². The third-order valence-electron chi connectivity index (χ3n) is 4.44. The summed E-state index contributed by atoms with van der Waals surface area (Å²) in [6, 6.07) is 5.90. The lowest BCUT2D eigenvalue weighted by atomic mass is 10.1. The number of primary amides is 1. The number of halogens is 2. The molecule has 2 aromatic heterocycles. The van der Waals surface area contributed by atoms with Crippen molar-refractivity contribution in [1.82, 2.24) is 15.0 Å². The Kier molecular flexibility index (Phi) is 4.45. The number of hydrogen-bond acceptors (Lipinski definition) is 5. The number of fused-ring (bicyclic) bond motifs is 1. The maximum Gasteiger partial charge on any atom is 0.252 e. The van der Waals surface area contributed by atoms with Gasteiger partial charge in [0.1, 0.15) is 11.6 Å². The Morgan fingerprint density at radius 3 is 2.89 bits per heavy atom. The van der Waals surface area contributed by atoms with Crippen molar-refractivity contribution in [3.8, 4) is 11.4 Å². The normalized spacial score (nSPS) is 12.7. The number of anilines is 2. The van der Waals surface area contributed by atoms with Crippen molar-refractivity contribution in [1.29, 1.82) is 0 Å². The summed E-state index contributed by atoms with van der Waals surface area (Å²) in [4.78, 5) is 24.6. The van der Waals surface area contributed by atoms with Crippen LogP contribution in [0.25, 0.3) is 11.4 Å². The van der Waals surface area contributed by atoms with E-state index in [1.807, 2.05) is 0 Å². The minimum Gasteiger partial charge on any atom is -0.365 e. The molecule has 0 fully saturated rings. The quantitative estimate of drug-likeness (QED) is 0.717. The van der Waals surface area contributed by atoms with E-state index in [0.29, 0.717) is 16.5 Å². The number of nitrogens with zero attached hydrogens (tertiary/aromatic N) is 3. The molecule has 0 unspecified atom stereocenters. The second-order valence-corrected chi connectivity index (χ2v) is 6.65. The molecule has 8 heteroatoms. The fourth-order valence-corrected chi connectivity index (χ4v) is 3.32. The number of nitrogens with one attached hydrogen (secondary N) is 1. The van der Waals surface area contributed by atoms with Crippen LogP contribution in [-0.4, -0.2) is 20.9 Å². The Bertz CT molecular complexity index is 1060. The molecule has 0 radical (unpaired) electrons. The van der Waals surface area contributed by atoms with Crippen molar-refractivity contribution in [2.45, 2.75) is 19.3 Å². The Balaban J connectivity index is 1.83. The number of aromatic nitrogens is 3. The Morgan fingerprint density at radius 1 is 1.22 bits per heavy atom. The van der Waals surface area contributed by atoms with E-state index in [2.05, 4.69) is 20.3 Å². The number of carbonyl (C=O) groups excluding carboxylic acids is 1. The highest BCUT2D eigenvalue weighted by molar-refractivity contribution is 6.30. The molecule has 6 nitrogen and oxygen atoms in total. The number of amides is 1. The first-order valence-electron chi connectivity index (χ1n) is 8.39. The summed E-state index contributed by atoms with van der Waals surface area (Å²) in [7, 11) is 0. The van der Waals surface area contributed by atoms with Crippen LogP contribution in [0.15, 0.2) is 36.7 Å². The van der Waals surface area contributed by atoms with Gasteiger partial charge >= 0.3 is 0 Å². The van der Waals surface area contributed by atoms with E-state index in [1.165, 1.54) is 24.4 Å². The average molecular weight is 384 g/mol. The van der Waals surface area contributed by atoms with Gasteiger partial charge in [0.05, 0.1) is 16.8 Å². The van der Waals surface area contributed by atoms with Gasteiger partial charge in [-0.1, -0.05) is 11.6 Å². The highest BCUT2D eigenvalue weighted by atomic mass is 35.5. The van der Waals surface area contributed by atoms with Gasteiger partial charge in [-0.05, 0) is 43.5 Å². The number of nitrogens with two attached hydrogens (primary N) is 1. The lowest BCUT2D eigenvalue weighted by molar-refractivity contribution is 0.100. The summed E-state index contributed by atoms with van der Waals surface area (Å²) in [5.74, 6) is -0.282. The summed E-state index contributed by atoms with van der Waals surface area (Å²) in [6.45, 7) is 0. The van der Waals surface area contributed by atoms with Crippen LogP contribution in [0, 0.1) is 5.82 Å². The van der Waals surface area contributed by atoms with Crippen molar-refractivity contribution in [3.05, 3.63) is 64.3 Å². The largest absolute Gasteiger partial charge is 0.365 e. The molecule has 3 N–H and O–H groups in total. The molecule has 0 aliphatic heterocycles. The Hall–Kier alpha value is -3.06. The third kappa shape index (κ3) is 3.33. The molecule has 1 aliphatic carbocycles. The van der Waals surface area contributed by atoms with E-state index < -0.39 is 11.7 Å². The summed E-state index contributed by atoms with van der Waals surface area (Å²) < 4.78 is 14.3. The predicted molar refractivity (Wildman–Crippen MR) is 100 cm³/mol. The number of aryl methyl sites for hydroxylation is 1. The van der Waals surface area contributed by atoms with E-state index in [-0.39, 0.29) is 17.0 Å². The van der Waals surface area contributed by atoms with Crippen LogP contribution in [0.2, 0.25) is 5.02 Å². The molecule has 136 valence electrons. The second-order valence-electron chi connectivity index (χ2n) is 6.21. The van der Waals surface area contributed by atoms with Crippen LogP contribution < -0.4 is 11.1 Å². The molecule has 1 aromatic carbocycles. The molecule has 0 saturated carbocycles. The van der Waals surface area contributed by atoms with Gasteiger partial charge < -0.3 is 11.1 Å².